The monoisotopic (exact) mass is 280 g/mol. The van der Waals surface area contributed by atoms with Crippen LogP contribution in [-0.2, 0) is 4.79 Å². The highest BCUT2D eigenvalue weighted by Crippen LogP contribution is 2.16. The van der Waals surface area contributed by atoms with Crippen molar-refractivity contribution in [3.05, 3.63) is 17.8 Å². The van der Waals surface area contributed by atoms with Gasteiger partial charge in [-0.15, -0.1) is 10.2 Å². The molecule has 0 aliphatic carbocycles. The van der Waals surface area contributed by atoms with Crippen LogP contribution in [0.25, 0.3) is 0 Å². The molecule has 0 saturated carbocycles. The third-order valence-electron chi connectivity index (χ3n) is 2.76. The van der Waals surface area contributed by atoms with Crippen LogP contribution in [0.15, 0.2) is 12.1 Å². The predicted octanol–water partition coefficient (Wildman–Crippen LogP) is 1.12. The van der Waals surface area contributed by atoms with Gasteiger partial charge >= 0.3 is 5.97 Å². The Morgan fingerprint density at radius 2 is 2.05 bits per heavy atom. The van der Waals surface area contributed by atoms with E-state index in [2.05, 4.69) is 29.4 Å². The molecular formula is C13H20N4O3. The topological polar surface area (TPSA) is 118 Å². The molecule has 20 heavy (non-hydrogen) atoms. The molecule has 0 radical (unpaired) electrons. The van der Waals surface area contributed by atoms with Crippen LogP contribution in [0.2, 0.25) is 0 Å². The van der Waals surface area contributed by atoms with Crippen molar-refractivity contribution < 1.29 is 14.7 Å². The predicted molar refractivity (Wildman–Crippen MR) is 74.2 cm³/mol. The van der Waals surface area contributed by atoms with Crippen molar-refractivity contribution in [3.63, 3.8) is 0 Å². The number of primary amides is 1. The van der Waals surface area contributed by atoms with E-state index in [4.69, 9.17) is 10.8 Å². The van der Waals surface area contributed by atoms with Crippen LogP contribution in [-0.4, -0.2) is 33.7 Å². The molecule has 7 nitrogen and oxygen atoms in total. The highest BCUT2D eigenvalue weighted by atomic mass is 16.4. The molecule has 0 aromatic carbocycles. The second-order valence-electron chi connectivity index (χ2n) is 5.14. The molecule has 1 atom stereocenters. The van der Waals surface area contributed by atoms with Gasteiger partial charge in [-0.05, 0) is 30.4 Å². The van der Waals surface area contributed by atoms with Crippen molar-refractivity contribution in [2.75, 3.05) is 11.9 Å². The first-order valence-electron chi connectivity index (χ1n) is 6.47. The van der Waals surface area contributed by atoms with Crippen molar-refractivity contribution in [1.82, 2.24) is 10.2 Å². The molecule has 1 unspecified atom stereocenters. The highest BCUT2D eigenvalue weighted by Gasteiger charge is 2.15. The average Bonchev–Trinajstić information content (AvgIpc) is 2.35. The maximum absolute atomic E-state index is 10.9. The van der Waals surface area contributed by atoms with Gasteiger partial charge in [-0.2, -0.15) is 0 Å². The number of aromatic nitrogens is 2. The summed E-state index contributed by atoms with van der Waals surface area (Å²) in [6, 6.07) is 3.08. The lowest BCUT2D eigenvalue weighted by Crippen LogP contribution is -2.20. The third-order valence-corrected chi connectivity index (χ3v) is 2.76. The number of hydrogen-bond donors (Lipinski definition) is 3. The molecule has 1 amide bonds. The summed E-state index contributed by atoms with van der Waals surface area (Å²) in [6.07, 6.45) is 0.921. The van der Waals surface area contributed by atoms with Crippen LogP contribution in [0.5, 0.6) is 0 Å². The lowest BCUT2D eigenvalue weighted by molar-refractivity contribution is -0.138. The van der Waals surface area contributed by atoms with E-state index in [1.54, 1.807) is 6.07 Å². The van der Waals surface area contributed by atoms with Crippen LogP contribution in [0.3, 0.4) is 0 Å². The SMILES string of the molecule is CC(C)CC(CNc1ccc(C(N)=O)nn1)CC(=O)O. The molecule has 7 heteroatoms. The van der Waals surface area contributed by atoms with Crippen LogP contribution in [0.4, 0.5) is 5.82 Å². The van der Waals surface area contributed by atoms with E-state index in [9.17, 15) is 9.59 Å². The number of hydrogen-bond acceptors (Lipinski definition) is 5. The van der Waals surface area contributed by atoms with Crippen molar-refractivity contribution in [2.45, 2.75) is 26.7 Å². The molecule has 1 heterocycles. The number of nitrogens with two attached hydrogens (primary N) is 1. The van der Waals surface area contributed by atoms with E-state index in [1.165, 1.54) is 6.07 Å². The summed E-state index contributed by atoms with van der Waals surface area (Å²) in [4.78, 5) is 21.7. The van der Waals surface area contributed by atoms with E-state index < -0.39 is 11.9 Å². The number of carbonyl (C=O) groups excluding carboxylic acids is 1. The van der Waals surface area contributed by atoms with Crippen LogP contribution in [0.1, 0.15) is 37.2 Å². The van der Waals surface area contributed by atoms with Crippen molar-refractivity contribution in [3.8, 4) is 0 Å². The maximum atomic E-state index is 10.9. The molecule has 0 spiro atoms. The zero-order chi connectivity index (χ0) is 15.1. The highest BCUT2D eigenvalue weighted by molar-refractivity contribution is 5.90. The number of amides is 1. The molecule has 110 valence electrons. The van der Waals surface area contributed by atoms with Gasteiger partial charge in [-0.1, -0.05) is 13.8 Å². The number of carbonyl (C=O) groups is 2. The van der Waals surface area contributed by atoms with Gasteiger partial charge in [-0.25, -0.2) is 0 Å². The summed E-state index contributed by atoms with van der Waals surface area (Å²) in [5.74, 6) is -0.510. The van der Waals surface area contributed by atoms with Gasteiger partial charge in [-0.3, -0.25) is 9.59 Å². The summed E-state index contributed by atoms with van der Waals surface area (Å²) < 4.78 is 0. The quantitative estimate of drug-likeness (QED) is 0.656. The first-order chi connectivity index (χ1) is 9.38. The standard InChI is InChI=1S/C13H20N4O3/c1-8(2)5-9(6-12(18)19)7-15-11-4-3-10(13(14)20)16-17-11/h3-4,8-9H,5-7H2,1-2H3,(H2,14,20)(H,15,17)(H,18,19). The van der Waals surface area contributed by atoms with Gasteiger partial charge in [0.2, 0.25) is 0 Å². The molecule has 1 aromatic rings. The average molecular weight is 280 g/mol. The van der Waals surface area contributed by atoms with Crippen LogP contribution >= 0.6 is 0 Å². The van der Waals surface area contributed by atoms with Crippen molar-refractivity contribution >= 4 is 17.7 Å². The lowest BCUT2D eigenvalue weighted by Gasteiger charge is -2.17. The minimum atomic E-state index is -0.812. The number of anilines is 1. The van der Waals surface area contributed by atoms with E-state index >= 15 is 0 Å². The van der Waals surface area contributed by atoms with E-state index in [1.807, 2.05) is 0 Å². The van der Waals surface area contributed by atoms with E-state index in [0.717, 1.165) is 6.42 Å². The fourth-order valence-electron chi connectivity index (χ4n) is 1.96. The minimum absolute atomic E-state index is 0.0186. The van der Waals surface area contributed by atoms with Gasteiger partial charge in [0, 0.05) is 13.0 Å². The number of nitrogens with zero attached hydrogens (tertiary/aromatic N) is 2. The van der Waals surface area contributed by atoms with Gasteiger partial charge in [0.25, 0.3) is 5.91 Å². The summed E-state index contributed by atoms with van der Waals surface area (Å²) in [5.41, 5.74) is 5.17. The Kier molecular flexibility index (Phi) is 5.89. The molecule has 0 saturated heterocycles. The molecule has 0 fully saturated rings. The number of nitrogens with one attached hydrogen (secondary N) is 1. The minimum Gasteiger partial charge on any atom is -0.481 e. The Morgan fingerprint density at radius 1 is 1.35 bits per heavy atom. The smallest absolute Gasteiger partial charge is 0.303 e. The van der Waals surface area contributed by atoms with E-state index in [0.29, 0.717) is 18.3 Å². The fourth-order valence-corrected chi connectivity index (χ4v) is 1.96. The largest absolute Gasteiger partial charge is 0.481 e. The fraction of sp³-hybridized carbons (Fsp3) is 0.538. The van der Waals surface area contributed by atoms with Crippen LogP contribution in [0, 0.1) is 11.8 Å². The second kappa shape index (κ2) is 7.42. The zero-order valence-corrected chi connectivity index (χ0v) is 11.7. The van der Waals surface area contributed by atoms with E-state index in [-0.39, 0.29) is 18.0 Å². The molecular weight excluding hydrogens is 260 g/mol. The number of aliphatic carboxylic acids is 1. The van der Waals surface area contributed by atoms with Crippen molar-refractivity contribution in [1.29, 1.82) is 0 Å². The summed E-state index contributed by atoms with van der Waals surface area (Å²) >= 11 is 0. The Morgan fingerprint density at radius 3 is 2.50 bits per heavy atom. The molecule has 1 rings (SSSR count). The summed E-state index contributed by atoms with van der Waals surface area (Å²) in [5, 5.41) is 19.4. The number of rotatable bonds is 8. The molecule has 0 aliphatic rings. The van der Waals surface area contributed by atoms with Crippen molar-refractivity contribution in [2.24, 2.45) is 17.6 Å². The van der Waals surface area contributed by atoms with Gasteiger partial charge in [0.15, 0.2) is 5.69 Å². The Hall–Kier alpha value is -2.18. The molecule has 0 bridgehead atoms. The van der Waals surface area contributed by atoms with Gasteiger partial charge < -0.3 is 16.2 Å². The second-order valence-corrected chi connectivity index (χ2v) is 5.14. The summed E-state index contributed by atoms with van der Waals surface area (Å²) in [7, 11) is 0. The Balaban J connectivity index is 2.57. The summed E-state index contributed by atoms with van der Waals surface area (Å²) in [6.45, 7) is 4.60. The Bertz CT molecular complexity index is 459. The van der Waals surface area contributed by atoms with Gasteiger partial charge in [0.1, 0.15) is 5.82 Å². The molecule has 0 aliphatic heterocycles. The first-order valence-corrected chi connectivity index (χ1v) is 6.47. The molecule has 4 N–H and O–H groups in total. The molecule has 1 aromatic heterocycles. The zero-order valence-electron chi connectivity index (χ0n) is 11.7. The number of carboxylic acids is 1. The normalized spacial score (nSPS) is 12.2. The number of carboxylic acid groups (broad SMARTS) is 1. The Labute approximate surface area is 117 Å². The maximum Gasteiger partial charge on any atom is 0.303 e. The lowest BCUT2D eigenvalue weighted by atomic mass is 9.94. The van der Waals surface area contributed by atoms with Crippen LogP contribution < -0.4 is 11.1 Å². The van der Waals surface area contributed by atoms with Gasteiger partial charge in [0.05, 0.1) is 0 Å². The third kappa shape index (κ3) is 5.64. The first kappa shape index (κ1) is 15.9.